The Kier molecular flexibility index (Phi) is 5.59. The summed E-state index contributed by atoms with van der Waals surface area (Å²) in [5.41, 5.74) is 1.79. The summed E-state index contributed by atoms with van der Waals surface area (Å²) in [6, 6.07) is 17.1. The Morgan fingerprint density at radius 1 is 1.00 bits per heavy atom. The molecule has 132 valence electrons. The first-order valence-electron chi connectivity index (χ1n) is 8.48. The van der Waals surface area contributed by atoms with E-state index in [1.54, 1.807) is 18.5 Å². The number of amides is 1. The van der Waals surface area contributed by atoms with Gasteiger partial charge in [0.05, 0.1) is 12.8 Å². The van der Waals surface area contributed by atoms with E-state index in [4.69, 9.17) is 5.11 Å². The van der Waals surface area contributed by atoms with Crippen LogP contribution in [0.4, 0.5) is 0 Å². The van der Waals surface area contributed by atoms with E-state index >= 15 is 0 Å². The third-order valence-corrected chi connectivity index (χ3v) is 4.17. The van der Waals surface area contributed by atoms with E-state index in [-0.39, 0.29) is 18.7 Å². The van der Waals surface area contributed by atoms with Crippen LogP contribution in [0.1, 0.15) is 17.5 Å². The zero-order valence-corrected chi connectivity index (χ0v) is 14.3. The lowest BCUT2D eigenvalue weighted by Crippen LogP contribution is -2.39. The number of aliphatic carboxylic acids is 1. The Morgan fingerprint density at radius 3 is 2.54 bits per heavy atom. The minimum absolute atomic E-state index is 0.127. The molecule has 0 aliphatic heterocycles. The molecule has 5 heteroatoms. The summed E-state index contributed by atoms with van der Waals surface area (Å²) in [5.74, 6) is -1.12. The number of nitrogens with one attached hydrogen (secondary N) is 1. The molecular weight excluding hydrogens is 328 g/mol. The van der Waals surface area contributed by atoms with Crippen LogP contribution in [0.5, 0.6) is 0 Å². The summed E-state index contributed by atoms with van der Waals surface area (Å²) >= 11 is 0. The maximum absolute atomic E-state index is 12.4. The van der Waals surface area contributed by atoms with Crippen LogP contribution in [0.3, 0.4) is 0 Å². The summed E-state index contributed by atoms with van der Waals surface area (Å²) < 4.78 is 0. The second-order valence-corrected chi connectivity index (χ2v) is 6.29. The van der Waals surface area contributed by atoms with Gasteiger partial charge in [-0.1, -0.05) is 48.5 Å². The van der Waals surface area contributed by atoms with Gasteiger partial charge in [-0.05, 0) is 34.4 Å². The van der Waals surface area contributed by atoms with Crippen LogP contribution in [-0.2, 0) is 22.4 Å². The van der Waals surface area contributed by atoms with Crippen molar-refractivity contribution in [1.29, 1.82) is 0 Å². The Morgan fingerprint density at radius 2 is 1.81 bits per heavy atom. The highest BCUT2D eigenvalue weighted by atomic mass is 16.4. The Balaban J connectivity index is 1.67. The molecule has 0 saturated carbocycles. The zero-order chi connectivity index (χ0) is 18.4. The van der Waals surface area contributed by atoms with Crippen molar-refractivity contribution in [3.63, 3.8) is 0 Å². The van der Waals surface area contributed by atoms with Crippen molar-refractivity contribution in [2.24, 2.45) is 0 Å². The molecule has 1 amide bonds. The van der Waals surface area contributed by atoms with Crippen LogP contribution in [0.25, 0.3) is 10.8 Å². The number of hydrogen-bond acceptors (Lipinski definition) is 3. The minimum Gasteiger partial charge on any atom is -0.481 e. The summed E-state index contributed by atoms with van der Waals surface area (Å²) in [4.78, 5) is 27.6. The highest BCUT2D eigenvalue weighted by Crippen LogP contribution is 2.16. The van der Waals surface area contributed by atoms with Crippen LogP contribution >= 0.6 is 0 Å². The van der Waals surface area contributed by atoms with Gasteiger partial charge in [-0.25, -0.2) is 0 Å². The van der Waals surface area contributed by atoms with E-state index < -0.39 is 12.0 Å². The standard InChI is InChI=1S/C21H20N2O3/c24-20(12-15-7-8-17-5-1-2-6-18(17)10-15)23-19(13-21(25)26)11-16-4-3-9-22-14-16/h1-10,14,19H,11-13H2,(H,23,24)(H,25,26). The molecule has 0 aliphatic carbocycles. The molecule has 1 unspecified atom stereocenters. The van der Waals surface area contributed by atoms with E-state index in [1.165, 1.54) is 0 Å². The summed E-state index contributed by atoms with van der Waals surface area (Å²) in [7, 11) is 0. The second kappa shape index (κ2) is 8.25. The molecule has 1 aromatic heterocycles. The number of hydrogen-bond donors (Lipinski definition) is 2. The van der Waals surface area contributed by atoms with Gasteiger partial charge in [0.25, 0.3) is 0 Å². The van der Waals surface area contributed by atoms with Gasteiger partial charge < -0.3 is 10.4 Å². The van der Waals surface area contributed by atoms with E-state index in [0.29, 0.717) is 6.42 Å². The summed E-state index contributed by atoms with van der Waals surface area (Å²) in [5, 5.41) is 14.2. The fourth-order valence-electron chi connectivity index (χ4n) is 3.00. The number of aromatic nitrogens is 1. The average molecular weight is 348 g/mol. The summed E-state index contributed by atoms with van der Waals surface area (Å²) in [6.07, 6.45) is 3.87. The molecule has 0 spiro atoms. The van der Waals surface area contributed by atoms with Crippen molar-refractivity contribution in [3.05, 3.63) is 78.1 Å². The van der Waals surface area contributed by atoms with Crippen molar-refractivity contribution in [1.82, 2.24) is 10.3 Å². The molecule has 3 aromatic rings. The number of carbonyl (C=O) groups excluding carboxylic acids is 1. The topological polar surface area (TPSA) is 79.3 Å². The van der Waals surface area contributed by atoms with E-state index in [0.717, 1.165) is 21.9 Å². The molecule has 2 N–H and O–H groups in total. The van der Waals surface area contributed by atoms with Crippen LogP contribution in [0.2, 0.25) is 0 Å². The molecule has 0 bridgehead atoms. The Bertz CT molecular complexity index is 909. The molecule has 0 saturated heterocycles. The lowest BCUT2D eigenvalue weighted by atomic mass is 10.0. The fourth-order valence-corrected chi connectivity index (χ4v) is 3.00. The Hall–Kier alpha value is -3.21. The molecule has 26 heavy (non-hydrogen) atoms. The fraction of sp³-hybridized carbons (Fsp3) is 0.190. The molecule has 5 nitrogen and oxygen atoms in total. The van der Waals surface area contributed by atoms with Crippen molar-refractivity contribution >= 4 is 22.6 Å². The first-order valence-corrected chi connectivity index (χ1v) is 8.48. The van der Waals surface area contributed by atoms with Gasteiger partial charge in [-0.2, -0.15) is 0 Å². The normalized spacial score (nSPS) is 11.8. The lowest BCUT2D eigenvalue weighted by Gasteiger charge is -2.17. The van der Waals surface area contributed by atoms with Crippen LogP contribution < -0.4 is 5.32 Å². The molecule has 1 heterocycles. The smallest absolute Gasteiger partial charge is 0.305 e. The van der Waals surface area contributed by atoms with Crippen LogP contribution in [0.15, 0.2) is 67.0 Å². The van der Waals surface area contributed by atoms with Gasteiger partial charge in [0, 0.05) is 18.4 Å². The number of pyridine rings is 1. The average Bonchev–Trinajstić information content (AvgIpc) is 2.62. The zero-order valence-electron chi connectivity index (χ0n) is 14.3. The van der Waals surface area contributed by atoms with Crippen molar-refractivity contribution < 1.29 is 14.7 Å². The second-order valence-electron chi connectivity index (χ2n) is 6.29. The molecule has 0 radical (unpaired) electrons. The molecule has 3 rings (SSSR count). The predicted molar refractivity (Wildman–Crippen MR) is 99.8 cm³/mol. The maximum atomic E-state index is 12.4. The number of carboxylic acid groups (broad SMARTS) is 1. The van der Waals surface area contributed by atoms with E-state index in [1.807, 2.05) is 48.5 Å². The van der Waals surface area contributed by atoms with Gasteiger partial charge in [0.2, 0.25) is 5.91 Å². The number of nitrogens with zero attached hydrogens (tertiary/aromatic N) is 1. The van der Waals surface area contributed by atoms with Gasteiger partial charge >= 0.3 is 5.97 Å². The first-order chi connectivity index (χ1) is 12.6. The van der Waals surface area contributed by atoms with E-state index in [9.17, 15) is 9.59 Å². The van der Waals surface area contributed by atoms with E-state index in [2.05, 4.69) is 10.3 Å². The predicted octanol–water partition coefficient (Wildman–Crippen LogP) is 2.98. The number of carbonyl (C=O) groups is 2. The highest BCUT2D eigenvalue weighted by molar-refractivity contribution is 5.85. The first kappa shape index (κ1) is 17.6. The Labute approximate surface area is 151 Å². The quantitative estimate of drug-likeness (QED) is 0.688. The lowest BCUT2D eigenvalue weighted by molar-refractivity contribution is -0.137. The van der Waals surface area contributed by atoms with Crippen molar-refractivity contribution in [2.75, 3.05) is 0 Å². The minimum atomic E-state index is -0.940. The van der Waals surface area contributed by atoms with Crippen molar-refractivity contribution in [3.8, 4) is 0 Å². The molecule has 0 fully saturated rings. The third-order valence-electron chi connectivity index (χ3n) is 4.17. The number of rotatable bonds is 7. The monoisotopic (exact) mass is 348 g/mol. The summed E-state index contributed by atoms with van der Waals surface area (Å²) in [6.45, 7) is 0. The third kappa shape index (κ3) is 4.89. The molecular formula is C21H20N2O3. The molecule has 2 aromatic carbocycles. The number of benzene rings is 2. The number of fused-ring (bicyclic) bond motifs is 1. The van der Waals surface area contributed by atoms with Gasteiger partial charge in [-0.3, -0.25) is 14.6 Å². The SMILES string of the molecule is O=C(O)CC(Cc1cccnc1)NC(=O)Cc1ccc2ccccc2c1. The molecule has 0 aliphatic rings. The number of carboxylic acids is 1. The van der Waals surface area contributed by atoms with Gasteiger partial charge in [-0.15, -0.1) is 0 Å². The largest absolute Gasteiger partial charge is 0.481 e. The van der Waals surface area contributed by atoms with Gasteiger partial charge in [0.1, 0.15) is 0 Å². The highest BCUT2D eigenvalue weighted by Gasteiger charge is 2.17. The van der Waals surface area contributed by atoms with Gasteiger partial charge in [0.15, 0.2) is 0 Å². The van der Waals surface area contributed by atoms with Crippen LogP contribution in [0, 0.1) is 0 Å². The van der Waals surface area contributed by atoms with Crippen molar-refractivity contribution in [2.45, 2.75) is 25.3 Å². The molecule has 1 atom stereocenters. The maximum Gasteiger partial charge on any atom is 0.305 e. The van der Waals surface area contributed by atoms with Crippen LogP contribution in [-0.4, -0.2) is 28.0 Å².